The topological polar surface area (TPSA) is 63.2 Å². The van der Waals surface area contributed by atoms with E-state index >= 15 is 0 Å². The normalized spacial score (nSPS) is 18.9. The summed E-state index contributed by atoms with van der Waals surface area (Å²) in [5, 5.41) is 6.26. The van der Waals surface area contributed by atoms with E-state index in [1.54, 1.807) is 13.3 Å². The van der Waals surface area contributed by atoms with E-state index in [-0.39, 0.29) is 11.9 Å². The molecule has 1 atom stereocenters. The van der Waals surface area contributed by atoms with Crippen molar-refractivity contribution >= 4 is 17.7 Å². The lowest BCUT2D eigenvalue weighted by Gasteiger charge is -2.22. The van der Waals surface area contributed by atoms with Crippen LogP contribution in [0.1, 0.15) is 12.0 Å². The average molecular weight is 281 g/mol. The minimum atomic E-state index is 0.0610. The molecule has 2 N–H and O–H groups in total. The van der Waals surface area contributed by atoms with Crippen molar-refractivity contribution in [2.24, 2.45) is 0 Å². The molecule has 6 heteroatoms. The van der Waals surface area contributed by atoms with E-state index < -0.39 is 0 Å². The molecular formula is C13H19N3O2S. The van der Waals surface area contributed by atoms with Gasteiger partial charge in [0, 0.05) is 48.8 Å². The average Bonchev–Trinajstić information content (AvgIpc) is 2.46. The predicted octanol–water partition coefficient (Wildman–Crippen LogP) is 0.801. The molecule has 1 aromatic rings. The molecule has 1 aliphatic rings. The smallest absolute Gasteiger partial charge is 0.221 e. The molecule has 0 spiro atoms. The molecule has 0 radical (unpaired) electrons. The van der Waals surface area contributed by atoms with Crippen LogP contribution < -0.4 is 15.4 Å². The molecule has 0 aliphatic carbocycles. The van der Waals surface area contributed by atoms with Crippen molar-refractivity contribution in [2.75, 3.05) is 25.2 Å². The number of pyridine rings is 1. The van der Waals surface area contributed by atoms with E-state index in [0.29, 0.717) is 18.8 Å². The van der Waals surface area contributed by atoms with Crippen LogP contribution in [0.5, 0.6) is 5.88 Å². The molecule has 0 aromatic carbocycles. The highest BCUT2D eigenvalue weighted by atomic mass is 32.2. The molecule has 1 fully saturated rings. The SMILES string of the molecule is COc1ncccc1CNC(=O)CC1CSCCN1. The Hall–Kier alpha value is -1.27. The Bertz CT molecular complexity index is 422. The number of carbonyl (C=O) groups is 1. The summed E-state index contributed by atoms with van der Waals surface area (Å²) in [4.78, 5) is 16.0. The van der Waals surface area contributed by atoms with E-state index in [2.05, 4.69) is 15.6 Å². The Morgan fingerprint density at radius 3 is 3.32 bits per heavy atom. The number of amides is 1. The van der Waals surface area contributed by atoms with Gasteiger partial charge in [-0.3, -0.25) is 4.79 Å². The molecule has 1 aliphatic heterocycles. The number of carbonyl (C=O) groups excluding carboxylic acids is 1. The van der Waals surface area contributed by atoms with Gasteiger partial charge >= 0.3 is 0 Å². The number of rotatable bonds is 5. The minimum Gasteiger partial charge on any atom is -0.481 e. The summed E-state index contributed by atoms with van der Waals surface area (Å²) in [6, 6.07) is 4.03. The van der Waals surface area contributed by atoms with Crippen LogP contribution in [0.25, 0.3) is 0 Å². The van der Waals surface area contributed by atoms with E-state index in [4.69, 9.17) is 4.74 Å². The lowest BCUT2D eigenvalue weighted by Crippen LogP contribution is -2.41. The molecule has 1 aromatic heterocycles. The Kier molecular flexibility index (Phi) is 5.47. The van der Waals surface area contributed by atoms with Crippen molar-refractivity contribution in [3.05, 3.63) is 23.9 Å². The van der Waals surface area contributed by atoms with Gasteiger partial charge in [-0.15, -0.1) is 0 Å². The molecule has 19 heavy (non-hydrogen) atoms. The van der Waals surface area contributed by atoms with Crippen molar-refractivity contribution in [2.45, 2.75) is 19.0 Å². The van der Waals surface area contributed by atoms with E-state index in [9.17, 15) is 4.79 Å². The highest BCUT2D eigenvalue weighted by Crippen LogP contribution is 2.13. The summed E-state index contributed by atoms with van der Waals surface area (Å²) in [5.74, 6) is 2.76. The number of nitrogens with zero attached hydrogens (tertiary/aromatic N) is 1. The Morgan fingerprint density at radius 1 is 1.68 bits per heavy atom. The third-order valence-corrected chi connectivity index (χ3v) is 4.08. The third kappa shape index (κ3) is 4.40. The van der Waals surface area contributed by atoms with Crippen LogP contribution in [0, 0.1) is 0 Å². The number of ether oxygens (including phenoxy) is 1. The molecule has 2 heterocycles. The second-order valence-electron chi connectivity index (χ2n) is 4.38. The summed E-state index contributed by atoms with van der Waals surface area (Å²) in [7, 11) is 1.58. The number of nitrogens with one attached hydrogen (secondary N) is 2. The van der Waals surface area contributed by atoms with Gasteiger partial charge in [0.05, 0.1) is 7.11 Å². The number of hydrogen-bond acceptors (Lipinski definition) is 5. The molecule has 1 amide bonds. The zero-order valence-electron chi connectivity index (χ0n) is 11.0. The lowest BCUT2D eigenvalue weighted by atomic mass is 10.2. The van der Waals surface area contributed by atoms with Crippen LogP contribution in [-0.4, -0.2) is 42.1 Å². The van der Waals surface area contributed by atoms with Gasteiger partial charge in [0.2, 0.25) is 11.8 Å². The Balaban J connectivity index is 1.79. The van der Waals surface area contributed by atoms with Crippen molar-refractivity contribution in [1.29, 1.82) is 0 Å². The molecule has 0 saturated carbocycles. The largest absolute Gasteiger partial charge is 0.481 e. The first-order chi connectivity index (χ1) is 9.29. The zero-order valence-corrected chi connectivity index (χ0v) is 11.8. The fourth-order valence-corrected chi connectivity index (χ4v) is 2.93. The van der Waals surface area contributed by atoms with Gasteiger partial charge < -0.3 is 15.4 Å². The molecule has 2 rings (SSSR count). The highest BCUT2D eigenvalue weighted by molar-refractivity contribution is 7.99. The first-order valence-electron chi connectivity index (χ1n) is 6.35. The maximum atomic E-state index is 11.9. The van der Waals surface area contributed by atoms with Gasteiger partial charge in [0.25, 0.3) is 0 Å². The van der Waals surface area contributed by atoms with Crippen molar-refractivity contribution < 1.29 is 9.53 Å². The highest BCUT2D eigenvalue weighted by Gasteiger charge is 2.16. The minimum absolute atomic E-state index is 0.0610. The van der Waals surface area contributed by atoms with Crippen LogP contribution in [0.2, 0.25) is 0 Å². The van der Waals surface area contributed by atoms with Crippen LogP contribution in [0.15, 0.2) is 18.3 Å². The number of hydrogen-bond donors (Lipinski definition) is 2. The summed E-state index contributed by atoms with van der Waals surface area (Å²) < 4.78 is 5.15. The first-order valence-corrected chi connectivity index (χ1v) is 7.51. The molecule has 0 bridgehead atoms. The fourth-order valence-electron chi connectivity index (χ4n) is 1.98. The fraction of sp³-hybridized carbons (Fsp3) is 0.538. The van der Waals surface area contributed by atoms with Crippen molar-refractivity contribution in [1.82, 2.24) is 15.6 Å². The van der Waals surface area contributed by atoms with Crippen LogP contribution in [0.4, 0.5) is 0 Å². The Morgan fingerprint density at radius 2 is 2.58 bits per heavy atom. The Labute approximate surface area is 117 Å². The maximum Gasteiger partial charge on any atom is 0.221 e. The van der Waals surface area contributed by atoms with Gasteiger partial charge in [-0.1, -0.05) is 6.07 Å². The summed E-state index contributed by atoms with van der Waals surface area (Å²) >= 11 is 1.89. The van der Waals surface area contributed by atoms with Gasteiger partial charge in [0.15, 0.2) is 0 Å². The van der Waals surface area contributed by atoms with Crippen molar-refractivity contribution in [3.8, 4) is 5.88 Å². The quantitative estimate of drug-likeness (QED) is 0.836. The number of thioether (sulfide) groups is 1. The number of methoxy groups -OCH3 is 1. The first kappa shape index (κ1) is 14.1. The van der Waals surface area contributed by atoms with E-state index in [1.807, 2.05) is 23.9 Å². The standard InChI is InChI=1S/C13H19N3O2S/c1-18-13-10(3-2-4-15-13)8-16-12(17)7-11-9-19-6-5-14-11/h2-4,11,14H,5-9H2,1H3,(H,16,17). The predicted molar refractivity (Wildman–Crippen MR) is 76.4 cm³/mol. The second kappa shape index (κ2) is 7.35. The van der Waals surface area contributed by atoms with Crippen LogP contribution >= 0.6 is 11.8 Å². The summed E-state index contributed by atoms with van der Waals surface area (Å²) in [5.41, 5.74) is 0.893. The summed E-state index contributed by atoms with van der Waals surface area (Å²) in [6.07, 6.45) is 2.20. The molecule has 104 valence electrons. The van der Waals surface area contributed by atoms with Gasteiger partial charge in [-0.2, -0.15) is 11.8 Å². The molecule has 5 nitrogen and oxygen atoms in total. The maximum absolute atomic E-state index is 11.9. The molecular weight excluding hydrogens is 262 g/mol. The van der Waals surface area contributed by atoms with E-state index in [0.717, 1.165) is 23.6 Å². The number of aromatic nitrogens is 1. The van der Waals surface area contributed by atoms with Gasteiger partial charge in [0.1, 0.15) is 0 Å². The second-order valence-corrected chi connectivity index (χ2v) is 5.53. The van der Waals surface area contributed by atoms with Gasteiger partial charge in [-0.05, 0) is 6.07 Å². The molecule has 1 saturated heterocycles. The monoisotopic (exact) mass is 281 g/mol. The van der Waals surface area contributed by atoms with Crippen molar-refractivity contribution in [3.63, 3.8) is 0 Å². The van der Waals surface area contributed by atoms with Crippen LogP contribution in [-0.2, 0) is 11.3 Å². The molecule has 1 unspecified atom stereocenters. The van der Waals surface area contributed by atoms with Gasteiger partial charge in [-0.25, -0.2) is 4.98 Å². The van der Waals surface area contributed by atoms with E-state index in [1.165, 1.54) is 0 Å². The lowest BCUT2D eigenvalue weighted by molar-refractivity contribution is -0.121. The summed E-state index contributed by atoms with van der Waals surface area (Å²) in [6.45, 7) is 1.44. The third-order valence-electron chi connectivity index (χ3n) is 2.95. The zero-order chi connectivity index (χ0) is 13.5. The van der Waals surface area contributed by atoms with Crippen LogP contribution in [0.3, 0.4) is 0 Å².